The number of nitrogens with zero attached hydrogens (tertiary/aromatic N) is 3. The molecule has 26 heavy (non-hydrogen) atoms. The Bertz CT molecular complexity index is 508. The van der Waals surface area contributed by atoms with Gasteiger partial charge in [0.25, 0.3) is 0 Å². The second-order valence-corrected chi connectivity index (χ2v) is 8.38. The molecule has 0 saturated carbocycles. The van der Waals surface area contributed by atoms with Crippen molar-refractivity contribution in [2.45, 2.75) is 58.3 Å². The third-order valence-electron chi connectivity index (χ3n) is 4.87. The number of aliphatic carboxylic acids is 1. The van der Waals surface area contributed by atoms with Gasteiger partial charge in [-0.15, -0.1) is 0 Å². The summed E-state index contributed by atoms with van der Waals surface area (Å²) in [6.07, 6.45) is -0.333. The molecule has 1 unspecified atom stereocenters. The van der Waals surface area contributed by atoms with E-state index in [0.717, 1.165) is 6.54 Å². The van der Waals surface area contributed by atoms with Gasteiger partial charge in [0.05, 0.1) is 19.8 Å². The zero-order valence-corrected chi connectivity index (χ0v) is 16.6. The van der Waals surface area contributed by atoms with E-state index in [0.29, 0.717) is 32.8 Å². The van der Waals surface area contributed by atoms with Crippen LogP contribution < -0.4 is 0 Å². The first kappa shape index (κ1) is 20.9. The number of morpholine rings is 1. The van der Waals surface area contributed by atoms with Crippen molar-refractivity contribution in [1.82, 2.24) is 14.7 Å². The molecule has 2 rings (SSSR count). The molecule has 2 aliphatic rings. The van der Waals surface area contributed by atoms with E-state index in [9.17, 15) is 14.7 Å². The van der Waals surface area contributed by atoms with Gasteiger partial charge in [-0.25, -0.2) is 4.79 Å². The van der Waals surface area contributed by atoms with E-state index in [1.807, 2.05) is 32.6 Å². The van der Waals surface area contributed by atoms with Gasteiger partial charge >= 0.3 is 12.1 Å². The first-order chi connectivity index (χ1) is 12.1. The second kappa shape index (κ2) is 8.54. The molecule has 0 aromatic heterocycles. The first-order valence-electron chi connectivity index (χ1n) is 9.34. The fourth-order valence-corrected chi connectivity index (χ4v) is 3.53. The zero-order valence-electron chi connectivity index (χ0n) is 16.6. The molecule has 0 aromatic rings. The summed E-state index contributed by atoms with van der Waals surface area (Å²) in [6, 6.07) is 0.141. The molecular weight excluding hydrogens is 338 g/mol. The van der Waals surface area contributed by atoms with E-state index in [1.54, 1.807) is 4.90 Å². The number of carbonyl (C=O) groups excluding carboxylic acids is 1. The number of carbonyl (C=O) groups is 2. The fraction of sp³-hybridized carbons (Fsp3) is 0.889. The average molecular weight is 371 g/mol. The van der Waals surface area contributed by atoms with Gasteiger partial charge < -0.3 is 19.5 Å². The lowest BCUT2D eigenvalue weighted by Gasteiger charge is -2.47. The number of carboxylic acids is 1. The molecule has 8 heteroatoms. The highest BCUT2D eigenvalue weighted by atomic mass is 16.6. The van der Waals surface area contributed by atoms with Gasteiger partial charge in [-0.2, -0.15) is 0 Å². The molecule has 0 bridgehead atoms. The number of ether oxygens (including phenoxy) is 2. The Morgan fingerprint density at radius 2 is 1.85 bits per heavy atom. The number of hydrogen-bond donors (Lipinski definition) is 1. The molecule has 0 aromatic carbocycles. The van der Waals surface area contributed by atoms with Gasteiger partial charge in [-0.05, 0) is 34.6 Å². The van der Waals surface area contributed by atoms with Crippen molar-refractivity contribution >= 4 is 12.1 Å². The van der Waals surface area contributed by atoms with Crippen LogP contribution in [0.1, 0.15) is 34.6 Å². The van der Waals surface area contributed by atoms with Crippen LogP contribution in [0.4, 0.5) is 4.79 Å². The Kier molecular flexibility index (Phi) is 6.87. The molecule has 1 N–H and O–H groups in total. The Balaban J connectivity index is 2.10. The summed E-state index contributed by atoms with van der Waals surface area (Å²) in [5.74, 6) is -0.844. The van der Waals surface area contributed by atoms with Crippen molar-refractivity contribution in [2.75, 3.05) is 45.9 Å². The molecule has 1 amide bonds. The monoisotopic (exact) mass is 371 g/mol. The Morgan fingerprint density at radius 3 is 2.42 bits per heavy atom. The number of piperazine rings is 1. The molecule has 3 atom stereocenters. The van der Waals surface area contributed by atoms with Crippen molar-refractivity contribution in [1.29, 1.82) is 0 Å². The zero-order chi connectivity index (χ0) is 19.5. The molecule has 2 fully saturated rings. The van der Waals surface area contributed by atoms with Gasteiger partial charge in [0, 0.05) is 44.3 Å². The summed E-state index contributed by atoms with van der Waals surface area (Å²) in [5.41, 5.74) is -0.552. The third-order valence-corrected chi connectivity index (χ3v) is 4.87. The standard InChI is InChI=1S/C18H33N3O5/c1-13-8-20(11-16(22)23)15(9-19-6-7-25-12-14(19)2)10-21(13)17(24)26-18(3,4)5/h13-15H,6-12H2,1-5H3,(H,22,23)/t13?,14-,15+/m1/s1. The SMILES string of the molecule is CC1CN(CC(=O)O)[C@@H](CN2CCOC[C@H]2C)CN1C(=O)OC(C)(C)C. The molecule has 0 spiro atoms. The molecule has 0 aliphatic carbocycles. The van der Waals surface area contributed by atoms with Crippen LogP contribution >= 0.6 is 0 Å². The van der Waals surface area contributed by atoms with Crippen molar-refractivity contribution in [3.05, 3.63) is 0 Å². The van der Waals surface area contributed by atoms with Crippen LogP contribution in [0.3, 0.4) is 0 Å². The molecule has 0 radical (unpaired) electrons. The smallest absolute Gasteiger partial charge is 0.410 e. The van der Waals surface area contributed by atoms with Gasteiger partial charge in [0.1, 0.15) is 5.60 Å². The number of carboxylic acid groups (broad SMARTS) is 1. The molecular formula is C18H33N3O5. The van der Waals surface area contributed by atoms with Gasteiger partial charge in [-0.3, -0.25) is 14.6 Å². The highest BCUT2D eigenvalue weighted by Gasteiger charge is 2.38. The predicted octanol–water partition coefficient (Wildman–Crippen LogP) is 1.10. The van der Waals surface area contributed by atoms with E-state index in [4.69, 9.17) is 9.47 Å². The molecule has 2 aliphatic heterocycles. The van der Waals surface area contributed by atoms with Gasteiger partial charge in [0.2, 0.25) is 0 Å². The Hall–Kier alpha value is -1.38. The van der Waals surface area contributed by atoms with E-state index in [-0.39, 0.29) is 30.8 Å². The predicted molar refractivity (Wildman–Crippen MR) is 97.3 cm³/mol. The van der Waals surface area contributed by atoms with Crippen LogP contribution in [0.25, 0.3) is 0 Å². The summed E-state index contributed by atoms with van der Waals surface area (Å²) in [7, 11) is 0. The molecule has 2 heterocycles. The van der Waals surface area contributed by atoms with E-state index in [1.165, 1.54) is 0 Å². The van der Waals surface area contributed by atoms with Crippen molar-refractivity contribution in [2.24, 2.45) is 0 Å². The summed E-state index contributed by atoms with van der Waals surface area (Å²) in [6.45, 7) is 13.5. The third kappa shape index (κ3) is 5.82. The fourth-order valence-electron chi connectivity index (χ4n) is 3.53. The normalized spacial score (nSPS) is 28.8. The highest BCUT2D eigenvalue weighted by molar-refractivity contribution is 5.70. The Morgan fingerprint density at radius 1 is 1.15 bits per heavy atom. The quantitative estimate of drug-likeness (QED) is 0.792. The van der Waals surface area contributed by atoms with Crippen molar-refractivity contribution in [3.8, 4) is 0 Å². The van der Waals surface area contributed by atoms with Gasteiger partial charge in [-0.1, -0.05) is 0 Å². The lowest BCUT2D eigenvalue weighted by atomic mass is 10.1. The highest BCUT2D eigenvalue weighted by Crippen LogP contribution is 2.21. The summed E-state index contributed by atoms with van der Waals surface area (Å²) >= 11 is 0. The van der Waals surface area contributed by atoms with Crippen LogP contribution in [0.15, 0.2) is 0 Å². The average Bonchev–Trinajstić information content (AvgIpc) is 2.49. The lowest BCUT2D eigenvalue weighted by Crippen LogP contribution is -2.63. The minimum Gasteiger partial charge on any atom is -0.480 e. The molecule has 2 saturated heterocycles. The number of amides is 1. The summed E-state index contributed by atoms with van der Waals surface area (Å²) < 4.78 is 11.0. The maximum Gasteiger partial charge on any atom is 0.410 e. The topological polar surface area (TPSA) is 82.6 Å². The van der Waals surface area contributed by atoms with Crippen molar-refractivity contribution in [3.63, 3.8) is 0 Å². The lowest BCUT2D eigenvalue weighted by molar-refractivity contribution is -0.140. The van der Waals surface area contributed by atoms with Crippen molar-refractivity contribution < 1.29 is 24.2 Å². The minimum atomic E-state index is -0.844. The van der Waals surface area contributed by atoms with Crippen LogP contribution in [0.2, 0.25) is 0 Å². The largest absolute Gasteiger partial charge is 0.480 e. The maximum absolute atomic E-state index is 12.6. The maximum atomic E-state index is 12.6. The number of rotatable bonds is 4. The number of hydrogen-bond acceptors (Lipinski definition) is 6. The van der Waals surface area contributed by atoms with Crippen LogP contribution in [-0.4, -0.2) is 102 Å². The van der Waals surface area contributed by atoms with Crippen LogP contribution in [0, 0.1) is 0 Å². The van der Waals surface area contributed by atoms with Crippen LogP contribution in [-0.2, 0) is 14.3 Å². The van der Waals surface area contributed by atoms with E-state index < -0.39 is 11.6 Å². The van der Waals surface area contributed by atoms with Gasteiger partial charge in [0.15, 0.2) is 0 Å². The molecule has 8 nitrogen and oxygen atoms in total. The molecule has 150 valence electrons. The Labute approximate surface area is 156 Å². The van der Waals surface area contributed by atoms with E-state index >= 15 is 0 Å². The second-order valence-electron chi connectivity index (χ2n) is 8.38. The summed E-state index contributed by atoms with van der Waals surface area (Å²) in [5, 5.41) is 9.28. The van der Waals surface area contributed by atoms with E-state index in [2.05, 4.69) is 11.8 Å². The first-order valence-corrected chi connectivity index (χ1v) is 9.34. The minimum absolute atomic E-state index is 0.0180. The summed E-state index contributed by atoms with van der Waals surface area (Å²) in [4.78, 5) is 29.9. The van der Waals surface area contributed by atoms with Crippen LogP contribution in [0.5, 0.6) is 0 Å².